The lowest BCUT2D eigenvalue weighted by atomic mass is 9.93. The highest BCUT2D eigenvalue weighted by atomic mass is 19.1. The quantitative estimate of drug-likeness (QED) is 0.321. The predicted molar refractivity (Wildman–Crippen MR) is 156 cm³/mol. The minimum Gasteiger partial charge on any atom is -0.508 e. The number of carbonyl (C=O) groups excluding carboxylic acids is 3. The molecule has 4 amide bonds. The second-order valence-corrected chi connectivity index (χ2v) is 10.4. The lowest BCUT2D eigenvalue weighted by molar-refractivity contribution is -0.189. The lowest BCUT2D eigenvalue weighted by Crippen LogP contribution is -2.76. The van der Waals surface area contributed by atoms with Gasteiger partial charge >= 0.3 is 6.03 Å². The number of nitrogens with one attached hydrogen (secondary N) is 1. The van der Waals surface area contributed by atoms with Crippen molar-refractivity contribution in [2.45, 2.75) is 31.7 Å². The van der Waals surface area contributed by atoms with Crippen molar-refractivity contribution in [3.63, 3.8) is 0 Å². The van der Waals surface area contributed by atoms with Crippen molar-refractivity contribution in [3.8, 4) is 5.75 Å². The number of phenolic OH excluding ortho intramolecular Hbond substituents is 1. The van der Waals surface area contributed by atoms with E-state index in [0.717, 1.165) is 11.1 Å². The third kappa shape index (κ3) is 6.16. The summed E-state index contributed by atoms with van der Waals surface area (Å²) < 4.78 is 13.9. The van der Waals surface area contributed by atoms with E-state index in [0.29, 0.717) is 5.56 Å². The fourth-order valence-electron chi connectivity index (χ4n) is 5.47. The molecule has 2 radical (unpaired) electrons. The summed E-state index contributed by atoms with van der Waals surface area (Å²) in [6, 6.07) is 18.8. The zero-order valence-corrected chi connectivity index (χ0v) is 23.0. The number of hydrogen-bond donors (Lipinski definition) is 2. The Morgan fingerprint density at radius 3 is 2.45 bits per heavy atom. The van der Waals surface area contributed by atoms with Crippen LogP contribution in [0.3, 0.4) is 0 Å². The Kier molecular flexibility index (Phi) is 8.58. The lowest BCUT2D eigenvalue weighted by Gasteiger charge is -2.55. The molecule has 2 saturated heterocycles. The van der Waals surface area contributed by atoms with Gasteiger partial charge in [-0.2, -0.15) is 0 Å². The van der Waals surface area contributed by atoms with Crippen molar-refractivity contribution >= 4 is 31.2 Å². The van der Waals surface area contributed by atoms with Crippen molar-refractivity contribution in [2.75, 3.05) is 19.6 Å². The molecule has 2 atom stereocenters. The molecule has 0 bridgehead atoms. The van der Waals surface area contributed by atoms with Gasteiger partial charge in [0.25, 0.3) is 0 Å². The number of aromatic hydroxyl groups is 1. The van der Waals surface area contributed by atoms with Crippen molar-refractivity contribution < 1.29 is 23.9 Å². The maximum atomic E-state index is 14.0. The van der Waals surface area contributed by atoms with Gasteiger partial charge in [-0.1, -0.05) is 66.1 Å². The number of rotatable bonds is 8. The van der Waals surface area contributed by atoms with Crippen LogP contribution in [0.1, 0.15) is 16.7 Å². The van der Waals surface area contributed by atoms with Gasteiger partial charge in [0.1, 0.15) is 31.6 Å². The highest BCUT2D eigenvalue weighted by Crippen LogP contribution is 2.29. The molecule has 2 aliphatic heterocycles. The van der Waals surface area contributed by atoms with Crippen LogP contribution in [0.2, 0.25) is 0 Å². The van der Waals surface area contributed by atoms with Crippen LogP contribution in [-0.4, -0.2) is 82.5 Å². The van der Waals surface area contributed by atoms with Crippen molar-refractivity contribution in [1.82, 2.24) is 25.1 Å². The van der Waals surface area contributed by atoms with Crippen LogP contribution in [0.5, 0.6) is 5.75 Å². The first kappa shape index (κ1) is 28.9. The highest BCUT2D eigenvalue weighted by molar-refractivity contribution is 6.32. The maximum absolute atomic E-state index is 14.0. The number of urea groups is 1. The third-order valence-electron chi connectivity index (χ3n) is 7.46. The number of piperazine rings is 1. The van der Waals surface area contributed by atoms with Gasteiger partial charge in [0.05, 0.1) is 13.1 Å². The van der Waals surface area contributed by atoms with Gasteiger partial charge in [-0.25, -0.2) is 19.2 Å². The van der Waals surface area contributed by atoms with Crippen LogP contribution >= 0.6 is 0 Å². The van der Waals surface area contributed by atoms with E-state index in [1.165, 1.54) is 34.2 Å². The van der Waals surface area contributed by atoms with Gasteiger partial charge in [0, 0.05) is 26.1 Å². The number of amides is 4. The van der Waals surface area contributed by atoms with E-state index in [-0.39, 0.29) is 62.2 Å². The molecule has 42 heavy (non-hydrogen) atoms. The van der Waals surface area contributed by atoms with E-state index in [4.69, 9.17) is 7.85 Å². The van der Waals surface area contributed by atoms with E-state index >= 15 is 0 Å². The number of hydrogen-bond acceptors (Lipinski definition) is 5. The maximum Gasteiger partial charge on any atom is 0.334 e. The van der Waals surface area contributed by atoms with Crippen LogP contribution in [0.15, 0.2) is 85.5 Å². The summed E-state index contributed by atoms with van der Waals surface area (Å²) in [4.78, 5) is 44.4. The summed E-state index contributed by atoms with van der Waals surface area (Å²) in [6.07, 6.45) is 0.964. The second-order valence-electron chi connectivity index (χ2n) is 10.4. The Balaban J connectivity index is 1.50. The van der Waals surface area contributed by atoms with Crippen molar-refractivity contribution in [1.29, 1.82) is 0 Å². The molecule has 11 heteroatoms. The average Bonchev–Trinajstić information content (AvgIpc) is 2.97. The molecule has 2 N–H and O–H groups in total. The van der Waals surface area contributed by atoms with Gasteiger partial charge in [-0.3, -0.25) is 9.59 Å². The molecular weight excluding hydrogens is 536 g/mol. The van der Waals surface area contributed by atoms with Crippen LogP contribution < -0.4 is 10.8 Å². The summed E-state index contributed by atoms with van der Waals surface area (Å²) in [5.41, 5.74) is 2.22. The van der Waals surface area contributed by atoms with Crippen molar-refractivity contribution in [3.05, 3.63) is 108 Å². The van der Waals surface area contributed by atoms with E-state index in [2.05, 4.69) is 11.9 Å². The number of carbonyl (C=O) groups is 3. The summed E-state index contributed by atoms with van der Waals surface area (Å²) in [7, 11) is 5.79. The fourth-order valence-corrected chi connectivity index (χ4v) is 5.47. The second kappa shape index (κ2) is 12.5. The van der Waals surface area contributed by atoms with Crippen molar-refractivity contribution in [2.24, 2.45) is 0 Å². The molecule has 2 aliphatic rings. The number of nitrogens with zero attached hydrogens (tertiary/aromatic N) is 4. The minimum absolute atomic E-state index is 0.0281. The first-order chi connectivity index (χ1) is 20.2. The summed E-state index contributed by atoms with van der Waals surface area (Å²) in [6.45, 7) is 4.32. The summed E-state index contributed by atoms with van der Waals surface area (Å²) >= 11 is 0. The van der Waals surface area contributed by atoms with Crippen LogP contribution in [0.4, 0.5) is 9.18 Å². The zero-order valence-electron chi connectivity index (χ0n) is 23.0. The monoisotopic (exact) mass is 567 g/mol. The Labute approximate surface area is 245 Å². The normalized spacial score (nSPS) is 19.0. The van der Waals surface area contributed by atoms with Crippen LogP contribution in [-0.2, 0) is 29.1 Å². The standard InChI is InChI=1S/C31H31BFN5O4/c1-2-14-36-20-29(40)37-27(16-21-8-11-24(39)12-9-21)30(41)35(18-23-10-13-26(33)25(32)15-23)19-28(37)38(36)31(42)34-17-22-6-4-3-5-7-22/h2-13,15,27-28,39H,1,14,16-20H2,(H,34,42)/t27-,28-/m0/s1. The molecule has 0 spiro atoms. The largest absolute Gasteiger partial charge is 0.508 e. The summed E-state index contributed by atoms with van der Waals surface area (Å²) in [5.74, 6) is -1.08. The molecule has 0 aliphatic carbocycles. The van der Waals surface area contributed by atoms with Crippen LogP contribution in [0, 0.1) is 5.82 Å². The van der Waals surface area contributed by atoms with Gasteiger partial charge in [0.15, 0.2) is 0 Å². The van der Waals surface area contributed by atoms with Gasteiger partial charge < -0.3 is 20.2 Å². The molecule has 5 rings (SSSR count). The van der Waals surface area contributed by atoms with Gasteiger partial charge in [-0.05, 0) is 34.9 Å². The number of fused-ring (bicyclic) bond motifs is 1. The minimum atomic E-state index is -0.922. The zero-order chi connectivity index (χ0) is 29.8. The number of hydrazine groups is 1. The number of phenols is 1. The first-order valence-corrected chi connectivity index (χ1v) is 13.6. The number of benzene rings is 3. The van der Waals surface area contributed by atoms with E-state index in [1.807, 2.05) is 30.3 Å². The SMILES string of the molecule is [B]c1cc(CN2C[C@H]3N(C(=O)CN(CC=C)N3C(=O)NCc3ccccc3)[C@@H](Cc3ccc(O)cc3)C2=O)ccc1F. The van der Waals surface area contributed by atoms with E-state index in [9.17, 15) is 23.9 Å². The first-order valence-electron chi connectivity index (χ1n) is 13.6. The van der Waals surface area contributed by atoms with E-state index < -0.39 is 24.1 Å². The summed E-state index contributed by atoms with van der Waals surface area (Å²) in [5, 5.41) is 15.8. The Bertz CT molecular complexity index is 1470. The number of halogens is 1. The highest BCUT2D eigenvalue weighted by Gasteiger charge is 2.51. The third-order valence-corrected chi connectivity index (χ3v) is 7.46. The molecule has 0 saturated carbocycles. The topological polar surface area (TPSA) is 96.4 Å². The molecule has 2 fully saturated rings. The Hall–Kier alpha value is -4.64. The molecule has 0 unspecified atom stereocenters. The Morgan fingerprint density at radius 1 is 1.05 bits per heavy atom. The van der Waals surface area contributed by atoms with Gasteiger partial charge in [-0.15, -0.1) is 6.58 Å². The molecule has 2 heterocycles. The average molecular weight is 567 g/mol. The smallest absolute Gasteiger partial charge is 0.334 e. The Morgan fingerprint density at radius 2 is 1.76 bits per heavy atom. The molecule has 3 aromatic rings. The molecule has 9 nitrogen and oxygen atoms in total. The fraction of sp³-hybridized carbons (Fsp3) is 0.258. The molecular formula is C31H31BFN5O4. The van der Waals surface area contributed by atoms with Gasteiger partial charge in [0.2, 0.25) is 11.8 Å². The van der Waals surface area contributed by atoms with Crippen LogP contribution in [0.25, 0.3) is 0 Å². The molecule has 3 aromatic carbocycles. The predicted octanol–water partition coefficient (Wildman–Crippen LogP) is 2.06. The van der Waals surface area contributed by atoms with E-state index in [1.54, 1.807) is 34.2 Å². The molecule has 214 valence electrons. The molecule has 0 aromatic heterocycles.